The molecule has 2 unspecified atom stereocenters. The van der Waals surface area contributed by atoms with E-state index in [2.05, 4.69) is 41.4 Å². The molecule has 1 aromatic rings. The predicted molar refractivity (Wildman–Crippen MR) is 97.1 cm³/mol. The number of urea groups is 1. The molecule has 6 heteroatoms. The first-order valence-electron chi connectivity index (χ1n) is 9.10. The Balaban J connectivity index is 1.48. The van der Waals surface area contributed by atoms with Crippen LogP contribution in [0.3, 0.4) is 0 Å². The van der Waals surface area contributed by atoms with Crippen molar-refractivity contribution >= 4 is 11.9 Å². The van der Waals surface area contributed by atoms with Gasteiger partial charge in [-0.2, -0.15) is 0 Å². The van der Waals surface area contributed by atoms with Gasteiger partial charge in [-0.15, -0.1) is 0 Å². The molecule has 6 nitrogen and oxygen atoms in total. The van der Waals surface area contributed by atoms with Crippen molar-refractivity contribution in [3.05, 3.63) is 35.9 Å². The van der Waals surface area contributed by atoms with E-state index in [1.165, 1.54) is 5.56 Å². The van der Waals surface area contributed by atoms with Gasteiger partial charge >= 0.3 is 6.03 Å². The van der Waals surface area contributed by atoms with Crippen LogP contribution in [0.4, 0.5) is 4.79 Å². The van der Waals surface area contributed by atoms with E-state index in [4.69, 9.17) is 0 Å². The summed E-state index contributed by atoms with van der Waals surface area (Å²) >= 11 is 0. The summed E-state index contributed by atoms with van der Waals surface area (Å²) in [6.45, 7) is 5.55. The zero-order chi connectivity index (χ0) is 17.8. The van der Waals surface area contributed by atoms with Crippen LogP contribution in [0.25, 0.3) is 0 Å². The van der Waals surface area contributed by atoms with E-state index in [1.54, 1.807) is 16.8 Å². The van der Waals surface area contributed by atoms with Crippen LogP contribution in [-0.4, -0.2) is 71.9 Å². The zero-order valence-electron chi connectivity index (χ0n) is 15.1. The van der Waals surface area contributed by atoms with Gasteiger partial charge in [-0.25, -0.2) is 4.79 Å². The van der Waals surface area contributed by atoms with Gasteiger partial charge in [0.05, 0.1) is 0 Å². The maximum absolute atomic E-state index is 12.4. The van der Waals surface area contributed by atoms with Crippen LogP contribution in [-0.2, 0) is 11.3 Å². The zero-order valence-corrected chi connectivity index (χ0v) is 15.1. The molecule has 2 saturated heterocycles. The number of hydrogen-bond donors (Lipinski definition) is 1. The van der Waals surface area contributed by atoms with Gasteiger partial charge in [0.25, 0.3) is 0 Å². The molecule has 0 bridgehead atoms. The molecule has 3 rings (SSSR count). The number of hydrogen-bond acceptors (Lipinski definition) is 3. The van der Waals surface area contributed by atoms with Gasteiger partial charge in [-0.1, -0.05) is 30.3 Å². The van der Waals surface area contributed by atoms with Crippen molar-refractivity contribution < 1.29 is 9.59 Å². The molecule has 0 radical (unpaired) electrons. The molecule has 1 aromatic carbocycles. The minimum absolute atomic E-state index is 0.00690. The molecule has 0 aromatic heterocycles. The van der Waals surface area contributed by atoms with Crippen molar-refractivity contribution in [1.82, 2.24) is 20.0 Å². The molecule has 25 heavy (non-hydrogen) atoms. The van der Waals surface area contributed by atoms with Crippen LogP contribution in [0.2, 0.25) is 0 Å². The summed E-state index contributed by atoms with van der Waals surface area (Å²) in [5.41, 5.74) is 1.33. The molecule has 2 fully saturated rings. The lowest BCUT2D eigenvalue weighted by atomic mass is 9.97. The van der Waals surface area contributed by atoms with Gasteiger partial charge in [0, 0.05) is 45.3 Å². The van der Waals surface area contributed by atoms with Crippen LogP contribution in [0.5, 0.6) is 0 Å². The van der Waals surface area contributed by atoms with Crippen molar-refractivity contribution in [3.63, 3.8) is 0 Å². The summed E-state index contributed by atoms with van der Waals surface area (Å²) in [5.74, 6) is 0.00690. The number of likely N-dealkylation sites (N-methyl/N-ethyl adjacent to an activating group) is 1. The summed E-state index contributed by atoms with van der Waals surface area (Å²) in [5, 5.41) is 3.13. The monoisotopic (exact) mass is 344 g/mol. The van der Waals surface area contributed by atoms with E-state index in [0.717, 1.165) is 25.9 Å². The molecule has 136 valence electrons. The van der Waals surface area contributed by atoms with Gasteiger partial charge < -0.3 is 15.1 Å². The fourth-order valence-electron chi connectivity index (χ4n) is 3.60. The van der Waals surface area contributed by atoms with Crippen molar-refractivity contribution in [3.8, 4) is 0 Å². The number of amides is 3. The maximum Gasteiger partial charge on any atom is 0.318 e. The highest BCUT2D eigenvalue weighted by atomic mass is 16.2. The molecule has 1 N–H and O–H groups in total. The molecular weight excluding hydrogens is 316 g/mol. The molecule has 2 aliphatic heterocycles. The molecular formula is C19H28N4O2. The SMILES string of the molecule is CC1CC(NC(=O)N2CCN(C)C(=O)C2)CCN1Cc1ccccc1. The molecule has 2 aliphatic rings. The second-order valence-corrected chi connectivity index (χ2v) is 7.21. The molecule has 3 amide bonds. The first kappa shape index (κ1) is 17.7. The van der Waals surface area contributed by atoms with Gasteiger partial charge in [0.15, 0.2) is 0 Å². The summed E-state index contributed by atoms with van der Waals surface area (Å²) in [6, 6.07) is 11.0. The lowest BCUT2D eigenvalue weighted by Crippen LogP contribution is -2.56. The summed E-state index contributed by atoms with van der Waals surface area (Å²) in [4.78, 5) is 30.0. The Bertz CT molecular complexity index is 607. The average molecular weight is 344 g/mol. The van der Waals surface area contributed by atoms with Crippen LogP contribution >= 0.6 is 0 Å². The number of nitrogens with one attached hydrogen (secondary N) is 1. The lowest BCUT2D eigenvalue weighted by Gasteiger charge is -2.39. The normalized spacial score (nSPS) is 25.1. The Labute approximate surface area is 149 Å². The van der Waals surface area contributed by atoms with E-state index < -0.39 is 0 Å². The number of carbonyl (C=O) groups excluding carboxylic acids is 2. The van der Waals surface area contributed by atoms with E-state index in [0.29, 0.717) is 19.1 Å². The lowest BCUT2D eigenvalue weighted by molar-refractivity contribution is -0.133. The minimum Gasteiger partial charge on any atom is -0.342 e. The van der Waals surface area contributed by atoms with Crippen molar-refractivity contribution in [2.24, 2.45) is 0 Å². The van der Waals surface area contributed by atoms with Crippen molar-refractivity contribution in [2.45, 2.75) is 38.4 Å². The number of likely N-dealkylation sites (tertiary alicyclic amines) is 1. The maximum atomic E-state index is 12.4. The van der Waals surface area contributed by atoms with Gasteiger partial charge in [-0.3, -0.25) is 9.69 Å². The van der Waals surface area contributed by atoms with Crippen molar-refractivity contribution in [2.75, 3.05) is 33.2 Å². The first-order chi connectivity index (χ1) is 12.0. The molecule has 0 aliphatic carbocycles. The third-order valence-corrected chi connectivity index (χ3v) is 5.31. The predicted octanol–water partition coefficient (Wildman–Crippen LogP) is 1.52. The minimum atomic E-state index is -0.102. The Kier molecular flexibility index (Phi) is 5.58. The second-order valence-electron chi connectivity index (χ2n) is 7.21. The van der Waals surface area contributed by atoms with Crippen LogP contribution < -0.4 is 5.32 Å². The number of piperidine rings is 1. The highest BCUT2D eigenvalue weighted by Crippen LogP contribution is 2.20. The summed E-state index contributed by atoms with van der Waals surface area (Å²) < 4.78 is 0. The largest absolute Gasteiger partial charge is 0.342 e. The number of benzene rings is 1. The van der Waals surface area contributed by atoms with Gasteiger partial charge in [0.2, 0.25) is 5.91 Å². The molecule has 0 spiro atoms. The van der Waals surface area contributed by atoms with E-state index >= 15 is 0 Å². The summed E-state index contributed by atoms with van der Waals surface area (Å²) in [6.07, 6.45) is 1.89. The van der Waals surface area contributed by atoms with Crippen LogP contribution in [0.1, 0.15) is 25.3 Å². The van der Waals surface area contributed by atoms with E-state index in [-0.39, 0.29) is 24.5 Å². The van der Waals surface area contributed by atoms with Crippen LogP contribution in [0.15, 0.2) is 30.3 Å². The standard InChI is InChI=1S/C19H28N4O2/c1-15-12-17(8-9-22(15)13-16-6-4-3-5-7-16)20-19(25)23-11-10-21(2)18(24)14-23/h3-7,15,17H,8-14H2,1-2H3,(H,20,25). The van der Waals surface area contributed by atoms with Crippen molar-refractivity contribution in [1.29, 1.82) is 0 Å². The molecule has 2 heterocycles. The fourth-order valence-corrected chi connectivity index (χ4v) is 3.60. The Morgan fingerprint density at radius 2 is 1.96 bits per heavy atom. The average Bonchev–Trinajstić information content (AvgIpc) is 2.60. The Morgan fingerprint density at radius 1 is 1.20 bits per heavy atom. The topological polar surface area (TPSA) is 55.9 Å². The van der Waals surface area contributed by atoms with Gasteiger partial charge in [0.1, 0.15) is 6.54 Å². The number of piperazine rings is 1. The Morgan fingerprint density at radius 3 is 2.64 bits per heavy atom. The second kappa shape index (κ2) is 7.87. The first-order valence-corrected chi connectivity index (χ1v) is 9.10. The number of rotatable bonds is 3. The molecule has 0 saturated carbocycles. The molecule has 2 atom stereocenters. The van der Waals surface area contributed by atoms with E-state index in [1.807, 2.05) is 6.07 Å². The smallest absolute Gasteiger partial charge is 0.318 e. The quantitative estimate of drug-likeness (QED) is 0.905. The van der Waals surface area contributed by atoms with E-state index in [9.17, 15) is 9.59 Å². The number of carbonyl (C=O) groups is 2. The van der Waals surface area contributed by atoms with Crippen LogP contribution in [0, 0.1) is 0 Å². The highest BCUT2D eigenvalue weighted by molar-refractivity contribution is 5.85. The third kappa shape index (κ3) is 4.51. The van der Waals surface area contributed by atoms with Gasteiger partial charge in [-0.05, 0) is 25.3 Å². The fraction of sp³-hybridized carbons (Fsp3) is 0.579. The highest BCUT2D eigenvalue weighted by Gasteiger charge is 2.30. The Hall–Kier alpha value is -2.08. The third-order valence-electron chi connectivity index (χ3n) is 5.31. The number of nitrogens with zero attached hydrogens (tertiary/aromatic N) is 3. The summed E-state index contributed by atoms with van der Waals surface area (Å²) in [7, 11) is 1.78.